The van der Waals surface area contributed by atoms with E-state index in [4.69, 9.17) is 6.57 Å². The van der Waals surface area contributed by atoms with Crippen LogP contribution in [0.3, 0.4) is 0 Å². The van der Waals surface area contributed by atoms with Crippen molar-refractivity contribution in [2.75, 3.05) is 0 Å². The summed E-state index contributed by atoms with van der Waals surface area (Å²) >= 11 is 0. The molecule has 48 heavy (non-hydrogen) atoms. The van der Waals surface area contributed by atoms with Crippen LogP contribution in [0.4, 0.5) is 5.69 Å². The molecule has 0 saturated heterocycles. The number of rotatable bonds is 4. The largest absolute Gasteiger partial charge is 0.309 e. The van der Waals surface area contributed by atoms with Gasteiger partial charge in [0.2, 0.25) is 0 Å². The number of para-hydroxylation sites is 4. The van der Waals surface area contributed by atoms with Gasteiger partial charge in [0.25, 0.3) is 0 Å². The van der Waals surface area contributed by atoms with Crippen LogP contribution in [0.2, 0.25) is 0 Å². The first-order valence-corrected chi connectivity index (χ1v) is 15.9. The summed E-state index contributed by atoms with van der Waals surface area (Å²) in [5.41, 5.74) is 11.3. The van der Waals surface area contributed by atoms with Gasteiger partial charge in [-0.3, -0.25) is 0 Å². The Morgan fingerprint density at radius 2 is 1.04 bits per heavy atom. The Hall–Kier alpha value is -6.88. The lowest BCUT2D eigenvalue weighted by atomic mass is 9.91. The highest BCUT2D eigenvalue weighted by atomic mass is 15.0. The monoisotopic (exact) mass is 610 g/mol. The van der Waals surface area contributed by atoms with Gasteiger partial charge in [-0.2, -0.15) is 5.26 Å². The number of nitriles is 1. The molecule has 0 saturated carbocycles. The lowest BCUT2D eigenvalue weighted by Crippen LogP contribution is -1.99. The van der Waals surface area contributed by atoms with Crippen molar-refractivity contribution in [1.82, 2.24) is 9.13 Å². The first-order chi connectivity index (χ1) is 23.7. The van der Waals surface area contributed by atoms with E-state index < -0.39 is 0 Å². The van der Waals surface area contributed by atoms with E-state index in [-0.39, 0.29) is 0 Å². The second-order valence-corrected chi connectivity index (χ2v) is 11.9. The number of fused-ring (bicyclic) bond motifs is 6. The zero-order chi connectivity index (χ0) is 32.2. The van der Waals surface area contributed by atoms with Crippen LogP contribution in [0.5, 0.6) is 0 Å². The Morgan fingerprint density at radius 1 is 0.479 bits per heavy atom. The molecule has 0 aliphatic carbocycles. The van der Waals surface area contributed by atoms with Crippen LogP contribution in [0, 0.1) is 17.9 Å². The van der Waals surface area contributed by atoms with Crippen LogP contribution in [0.1, 0.15) is 5.56 Å². The summed E-state index contributed by atoms with van der Waals surface area (Å²) in [6, 6.07) is 56.7. The normalized spacial score (nSPS) is 11.3. The van der Waals surface area contributed by atoms with Gasteiger partial charge in [-0.05, 0) is 59.5 Å². The maximum atomic E-state index is 10.8. The summed E-state index contributed by atoms with van der Waals surface area (Å²) in [4.78, 5) is 3.69. The van der Waals surface area contributed by atoms with E-state index in [1.165, 1.54) is 10.8 Å². The van der Waals surface area contributed by atoms with Gasteiger partial charge in [0, 0.05) is 38.5 Å². The predicted octanol–water partition coefficient (Wildman–Crippen LogP) is 11.6. The summed E-state index contributed by atoms with van der Waals surface area (Å²) in [5.74, 6) is 0. The van der Waals surface area contributed by atoms with Gasteiger partial charge >= 0.3 is 0 Å². The van der Waals surface area contributed by atoms with Crippen LogP contribution >= 0.6 is 0 Å². The van der Waals surface area contributed by atoms with E-state index in [1.807, 2.05) is 60.7 Å². The van der Waals surface area contributed by atoms with Crippen molar-refractivity contribution in [3.8, 4) is 39.7 Å². The third kappa shape index (κ3) is 4.07. The first kappa shape index (κ1) is 27.4. The summed E-state index contributed by atoms with van der Waals surface area (Å²) in [6.45, 7) is 7.59. The average Bonchev–Trinajstić information content (AvgIpc) is 3.67. The van der Waals surface area contributed by atoms with Crippen molar-refractivity contribution in [3.05, 3.63) is 175 Å². The fourth-order valence-corrected chi connectivity index (χ4v) is 7.34. The molecule has 0 fully saturated rings. The molecule has 0 N–H and O–H groups in total. The third-order valence-corrected chi connectivity index (χ3v) is 9.39. The van der Waals surface area contributed by atoms with E-state index in [1.54, 1.807) is 0 Å². The maximum Gasteiger partial charge on any atom is 0.188 e. The quantitative estimate of drug-likeness (QED) is 0.183. The molecule has 0 aliphatic heterocycles. The summed E-state index contributed by atoms with van der Waals surface area (Å²) in [6.07, 6.45) is 0. The van der Waals surface area contributed by atoms with Crippen LogP contribution in [-0.2, 0) is 0 Å². The van der Waals surface area contributed by atoms with Gasteiger partial charge in [0.1, 0.15) is 6.07 Å². The van der Waals surface area contributed by atoms with E-state index in [0.717, 1.165) is 66.5 Å². The van der Waals surface area contributed by atoms with E-state index in [0.29, 0.717) is 11.3 Å². The van der Waals surface area contributed by atoms with Crippen molar-refractivity contribution in [1.29, 1.82) is 5.26 Å². The van der Waals surface area contributed by atoms with E-state index >= 15 is 0 Å². The Balaban J connectivity index is 1.25. The molecule has 0 radical (unpaired) electrons. The van der Waals surface area contributed by atoms with Crippen molar-refractivity contribution >= 4 is 49.3 Å². The zero-order valence-corrected chi connectivity index (χ0v) is 25.8. The Kier molecular flexibility index (Phi) is 6.22. The Labute approximate surface area is 277 Å². The van der Waals surface area contributed by atoms with Crippen LogP contribution < -0.4 is 0 Å². The Bertz CT molecular complexity index is 2760. The van der Waals surface area contributed by atoms with Gasteiger partial charge in [-0.15, -0.1) is 0 Å². The Morgan fingerprint density at radius 3 is 1.75 bits per heavy atom. The molecule has 9 aromatic rings. The first-order valence-electron chi connectivity index (χ1n) is 15.9. The molecule has 0 atom stereocenters. The van der Waals surface area contributed by atoms with E-state index in [2.05, 4.69) is 117 Å². The minimum absolute atomic E-state index is 0.612. The minimum atomic E-state index is 0.612. The molecule has 0 amide bonds. The predicted molar refractivity (Wildman–Crippen MR) is 197 cm³/mol. The third-order valence-electron chi connectivity index (χ3n) is 9.39. The molecule has 2 heterocycles. The fraction of sp³-hybridized carbons (Fsp3) is 0. The SMILES string of the molecule is [C-]#[N+]c1ccc2c(c1)c1ccccc1n2-c1ccccc1-c1cccc(-c2cccc(-n3c4ccccc4c4ccccc43)c2)c1C#N. The van der Waals surface area contributed by atoms with Crippen LogP contribution in [0.15, 0.2) is 158 Å². The number of benzene rings is 7. The van der Waals surface area contributed by atoms with Gasteiger partial charge in [0.05, 0.1) is 39.9 Å². The molecule has 0 bridgehead atoms. The second-order valence-electron chi connectivity index (χ2n) is 11.9. The molecule has 0 unspecified atom stereocenters. The van der Waals surface area contributed by atoms with Gasteiger partial charge in [-0.1, -0.05) is 109 Å². The van der Waals surface area contributed by atoms with Gasteiger partial charge < -0.3 is 9.13 Å². The molecular weight excluding hydrogens is 585 g/mol. The van der Waals surface area contributed by atoms with Gasteiger partial charge in [-0.25, -0.2) is 4.85 Å². The molecule has 4 heteroatoms. The second kappa shape index (κ2) is 10.9. The molecule has 9 rings (SSSR count). The number of hydrogen-bond acceptors (Lipinski definition) is 1. The number of aromatic nitrogens is 2. The topological polar surface area (TPSA) is 38.0 Å². The molecule has 0 spiro atoms. The van der Waals surface area contributed by atoms with Crippen molar-refractivity contribution < 1.29 is 0 Å². The van der Waals surface area contributed by atoms with Crippen molar-refractivity contribution in [3.63, 3.8) is 0 Å². The highest BCUT2D eigenvalue weighted by Gasteiger charge is 2.19. The standard InChI is InChI=1S/C44H26N4/c1-46-30-24-25-44-38(27-30)37-17-5-9-23-43(37)48(44)42-22-8-2-14-34(42)33-19-11-18-32(39(33)28-45)29-12-10-13-31(26-29)47-40-20-6-3-15-35(40)36-16-4-7-21-41(36)47/h2-27H. The average molecular weight is 611 g/mol. The van der Waals surface area contributed by atoms with E-state index in [9.17, 15) is 5.26 Å². The highest BCUT2D eigenvalue weighted by Crippen LogP contribution is 2.40. The lowest BCUT2D eigenvalue weighted by molar-refractivity contribution is 1.18. The molecule has 2 aromatic heterocycles. The van der Waals surface area contributed by atoms with Crippen molar-refractivity contribution in [2.45, 2.75) is 0 Å². The maximum absolute atomic E-state index is 10.8. The highest BCUT2D eigenvalue weighted by molar-refractivity contribution is 6.11. The summed E-state index contributed by atoms with van der Waals surface area (Å²) in [5, 5.41) is 15.3. The number of hydrogen-bond donors (Lipinski definition) is 0. The number of nitrogens with zero attached hydrogens (tertiary/aromatic N) is 4. The minimum Gasteiger partial charge on any atom is -0.309 e. The van der Waals surface area contributed by atoms with Crippen LogP contribution in [-0.4, -0.2) is 9.13 Å². The summed E-state index contributed by atoms with van der Waals surface area (Å²) < 4.78 is 4.56. The van der Waals surface area contributed by atoms with Gasteiger partial charge in [0.15, 0.2) is 5.69 Å². The van der Waals surface area contributed by atoms with Crippen molar-refractivity contribution in [2.24, 2.45) is 0 Å². The molecule has 4 nitrogen and oxygen atoms in total. The summed E-state index contributed by atoms with van der Waals surface area (Å²) in [7, 11) is 0. The smallest absolute Gasteiger partial charge is 0.188 e. The fourth-order valence-electron chi connectivity index (χ4n) is 7.34. The van der Waals surface area contributed by atoms with Crippen LogP contribution in [0.25, 0.3) is 82.1 Å². The molecule has 0 aliphatic rings. The zero-order valence-electron chi connectivity index (χ0n) is 25.8. The molecule has 7 aromatic carbocycles. The molecule has 222 valence electrons. The lowest BCUT2D eigenvalue weighted by Gasteiger charge is -2.17. The molecular formula is C44H26N4.